The van der Waals surface area contributed by atoms with Gasteiger partial charge in [0.25, 0.3) is 0 Å². The standard InChI is InChI=1S/C13H7Br2FN2S2/c14-10-3-1-8(19-10)6-5-7(16)12(18-13(6)17)9-2-4-11(15)20-9/h1-5H,(H2,17,18). The van der Waals surface area contributed by atoms with E-state index in [1.165, 1.54) is 28.7 Å². The maximum absolute atomic E-state index is 14.3. The van der Waals surface area contributed by atoms with Crippen molar-refractivity contribution in [3.63, 3.8) is 0 Å². The van der Waals surface area contributed by atoms with E-state index in [0.717, 1.165) is 17.3 Å². The minimum absolute atomic E-state index is 0.209. The van der Waals surface area contributed by atoms with Crippen molar-refractivity contribution in [3.8, 4) is 21.0 Å². The first-order chi connectivity index (χ1) is 9.54. The summed E-state index contributed by atoms with van der Waals surface area (Å²) in [6.45, 7) is 0. The quantitative estimate of drug-likeness (QED) is 0.526. The highest BCUT2D eigenvalue weighted by molar-refractivity contribution is 9.11. The van der Waals surface area contributed by atoms with E-state index in [1.54, 1.807) is 0 Å². The van der Waals surface area contributed by atoms with E-state index in [1.807, 2.05) is 24.3 Å². The Morgan fingerprint density at radius 2 is 1.60 bits per heavy atom. The van der Waals surface area contributed by atoms with Crippen LogP contribution in [0.25, 0.3) is 21.0 Å². The van der Waals surface area contributed by atoms with E-state index in [9.17, 15) is 4.39 Å². The van der Waals surface area contributed by atoms with Crippen LogP contribution in [0.5, 0.6) is 0 Å². The van der Waals surface area contributed by atoms with Crippen LogP contribution in [0.4, 0.5) is 4.39 Å². The summed E-state index contributed by atoms with van der Waals surface area (Å²) in [7, 11) is 0. The van der Waals surface area contributed by atoms with Gasteiger partial charge in [0.15, 0.2) is 0 Å². The average Bonchev–Trinajstić information content (AvgIpc) is 3.00. The summed E-state index contributed by atoms with van der Waals surface area (Å²) in [5, 5.41) is 8.07. The second-order valence-electron chi connectivity index (χ2n) is 3.99. The molecule has 20 heavy (non-hydrogen) atoms. The topological polar surface area (TPSA) is 39.6 Å². The van der Waals surface area contributed by atoms with E-state index in [0.29, 0.717) is 11.3 Å². The molecule has 0 saturated carbocycles. The number of nitrogens with one attached hydrogen (secondary N) is 2. The van der Waals surface area contributed by atoms with Crippen molar-refractivity contribution in [2.24, 2.45) is 0 Å². The summed E-state index contributed by atoms with van der Waals surface area (Å²) in [5.74, 6) is -0.352. The number of rotatable bonds is 2. The molecule has 7 heteroatoms. The fourth-order valence-electron chi connectivity index (χ4n) is 1.80. The Balaban J connectivity index is 2.14. The Morgan fingerprint density at radius 3 is 2.15 bits per heavy atom. The van der Waals surface area contributed by atoms with Crippen molar-refractivity contribution in [2.45, 2.75) is 0 Å². The van der Waals surface area contributed by atoms with Crippen LogP contribution in [-0.2, 0) is 0 Å². The van der Waals surface area contributed by atoms with Crippen molar-refractivity contribution in [1.29, 1.82) is 5.41 Å². The largest absolute Gasteiger partial charge is 0.337 e. The van der Waals surface area contributed by atoms with Crippen molar-refractivity contribution in [2.75, 3.05) is 0 Å². The highest BCUT2D eigenvalue weighted by Crippen LogP contribution is 2.33. The monoisotopic (exact) mass is 432 g/mol. The molecular formula is C13H7Br2FN2S2. The molecule has 0 aromatic carbocycles. The van der Waals surface area contributed by atoms with Gasteiger partial charge in [0.05, 0.1) is 18.1 Å². The molecule has 0 aliphatic rings. The van der Waals surface area contributed by atoms with Gasteiger partial charge in [-0.2, -0.15) is 0 Å². The number of hydrogen-bond acceptors (Lipinski definition) is 3. The number of hydrogen-bond donors (Lipinski definition) is 2. The number of H-pyrrole nitrogens is 1. The molecule has 0 atom stereocenters. The SMILES string of the molecule is N=c1[nH]c(-c2ccc(Br)s2)c(F)cc1-c1ccc(Br)s1. The molecule has 0 bridgehead atoms. The molecule has 3 aromatic rings. The molecule has 0 aliphatic heterocycles. The minimum atomic E-state index is -0.352. The fraction of sp³-hybridized carbons (Fsp3) is 0. The zero-order valence-corrected chi connectivity index (χ0v) is 14.6. The van der Waals surface area contributed by atoms with Gasteiger partial charge in [0.1, 0.15) is 11.3 Å². The Bertz CT molecular complexity index is 835. The van der Waals surface area contributed by atoms with Crippen LogP contribution in [0.3, 0.4) is 0 Å². The van der Waals surface area contributed by atoms with E-state index in [2.05, 4.69) is 36.8 Å². The highest BCUT2D eigenvalue weighted by Gasteiger charge is 2.13. The average molecular weight is 434 g/mol. The van der Waals surface area contributed by atoms with Crippen LogP contribution in [0.15, 0.2) is 37.9 Å². The van der Waals surface area contributed by atoms with Crippen LogP contribution in [-0.4, -0.2) is 4.98 Å². The lowest BCUT2D eigenvalue weighted by Gasteiger charge is -2.04. The van der Waals surface area contributed by atoms with Crippen molar-refractivity contribution < 1.29 is 4.39 Å². The third-order valence-electron chi connectivity index (χ3n) is 2.69. The van der Waals surface area contributed by atoms with Crippen molar-refractivity contribution in [1.82, 2.24) is 4.98 Å². The summed E-state index contributed by atoms with van der Waals surface area (Å²) in [6.07, 6.45) is 0. The maximum atomic E-state index is 14.3. The summed E-state index contributed by atoms with van der Waals surface area (Å²) < 4.78 is 16.2. The number of halogens is 3. The van der Waals surface area contributed by atoms with Crippen LogP contribution in [0.1, 0.15) is 0 Å². The Morgan fingerprint density at radius 1 is 1.00 bits per heavy atom. The number of aromatic nitrogens is 1. The van der Waals surface area contributed by atoms with E-state index < -0.39 is 0 Å². The van der Waals surface area contributed by atoms with Crippen LogP contribution >= 0.6 is 54.5 Å². The Labute approximate surface area is 139 Å². The molecule has 3 aromatic heterocycles. The second kappa shape index (κ2) is 5.55. The first kappa shape index (κ1) is 14.2. The van der Waals surface area contributed by atoms with E-state index in [4.69, 9.17) is 5.41 Å². The summed E-state index contributed by atoms with van der Waals surface area (Å²) in [5.41, 5.74) is 1.13. The van der Waals surface area contributed by atoms with Gasteiger partial charge in [0, 0.05) is 10.4 Å². The number of pyridine rings is 1. The fourth-order valence-corrected chi connectivity index (χ4v) is 4.60. The van der Waals surface area contributed by atoms with Gasteiger partial charge in [-0.1, -0.05) is 0 Å². The zero-order chi connectivity index (χ0) is 14.3. The summed E-state index contributed by atoms with van der Waals surface area (Å²) in [4.78, 5) is 4.48. The molecule has 0 aliphatic carbocycles. The van der Waals surface area contributed by atoms with E-state index >= 15 is 0 Å². The first-order valence-electron chi connectivity index (χ1n) is 5.53. The molecule has 0 fully saturated rings. The van der Waals surface area contributed by atoms with Gasteiger partial charge < -0.3 is 4.98 Å². The van der Waals surface area contributed by atoms with Gasteiger partial charge in [0.2, 0.25) is 0 Å². The second-order valence-corrected chi connectivity index (χ2v) is 8.91. The molecule has 2 nitrogen and oxygen atoms in total. The van der Waals surface area contributed by atoms with Gasteiger partial charge in [-0.3, -0.25) is 5.41 Å². The van der Waals surface area contributed by atoms with Gasteiger partial charge in [-0.15, -0.1) is 22.7 Å². The molecule has 0 spiro atoms. The molecule has 0 saturated heterocycles. The minimum Gasteiger partial charge on any atom is -0.337 e. The number of aromatic amines is 1. The van der Waals surface area contributed by atoms with Gasteiger partial charge >= 0.3 is 0 Å². The highest BCUT2D eigenvalue weighted by atomic mass is 79.9. The lowest BCUT2D eigenvalue weighted by atomic mass is 10.2. The molecule has 102 valence electrons. The van der Waals surface area contributed by atoms with Gasteiger partial charge in [-0.25, -0.2) is 4.39 Å². The molecule has 0 radical (unpaired) electrons. The normalized spacial score (nSPS) is 10.9. The molecular weight excluding hydrogens is 427 g/mol. The molecule has 0 unspecified atom stereocenters. The van der Waals surface area contributed by atoms with Crippen LogP contribution < -0.4 is 5.49 Å². The van der Waals surface area contributed by atoms with Crippen LogP contribution in [0, 0.1) is 11.2 Å². The predicted octanol–water partition coefficient (Wildman–Crippen LogP) is 5.62. The molecule has 3 heterocycles. The lowest BCUT2D eigenvalue weighted by Crippen LogP contribution is -2.11. The first-order valence-corrected chi connectivity index (χ1v) is 8.75. The smallest absolute Gasteiger partial charge is 0.148 e. The molecule has 3 rings (SSSR count). The van der Waals surface area contributed by atoms with E-state index in [-0.39, 0.29) is 11.3 Å². The zero-order valence-electron chi connectivity index (χ0n) is 9.84. The Hall–Kier alpha value is -0.760. The van der Waals surface area contributed by atoms with Crippen molar-refractivity contribution in [3.05, 3.63) is 49.2 Å². The van der Waals surface area contributed by atoms with Crippen LogP contribution in [0.2, 0.25) is 0 Å². The molecule has 0 amide bonds. The number of thiophene rings is 2. The van der Waals surface area contributed by atoms with Gasteiger partial charge in [-0.05, 0) is 62.2 Å². The Kier molecular flexibility index (Phi) is 3.94. The summed E-state index contributed by atoms with van der Waals surface area (Å²) >= 11 is 9.64. The van der Waals surface area contributed by atoms with Crippen molar-refractivity contribution >= 4 is 54.5 Å². The summed E-state index contributed by atoms with van der Waals surface area (Å²) in [6, 6.07) is 8.87. The third kappa shape index (κ3) is 2.67. The third-order valence-corrected chi connectivity index (χ3v) is 5.99. The predicted molar refractivity (Wildman–Crippen MR) is 88.6 cm³/mol. The lowest BCUT2D eigenvalue weighted by molar-refractivity contribution is 0.625. The molecule has 2 N–H and O–H groups in total. The maximum Gasteiger partial charge on any atom is 0.148 e.